The van der Waals surface area contributed by atoms with Gasteiger partial charge < -0.3 is 10.6 Å². The number of terminal acetylenes is 1. The lowest BCUT2D eigenvalue weighted by atomic mass is 9.95. The summed E-state index contributed by atoms with van der Waals surface area (Å²) in [6.45, 7) is 0.454. The minimum absolute atomic E-state index is 0.0148. The van der Waals surface area contributed by atoms with Crippen LogP contribution in [0.25, 0.3) is 0 Å². The fourth-order valence-corrected chi connectivity index (χ4v) is 2.99. The number of carbonyl (C=O) groups is 2. The molecule has 25 heavy (non-hydrogen) atoms. The molecule has 0 aromatic heterocycles. The fraction of sp³-hybridized carbons (Fsp3) is 0.474. The summed E-state index contributed by atoms with van der Waals surface area (Å²) < 4.78 is 0. The van der Waals surface area contributed by atoms with Crippen molar-refractivity contribution in [3.05, 3.63) is 35.9 Å². The zero-order valence-electron chi connectivity index (χ0n) is 14.1. The summed E-state index contributed by atoms with van der Waals surface area (Å²) >= 11 is 0. The molecule has 1 fully saturated rings. The van der Waals surface area contributed by atoms with Crippen LogP contribution < -0.4 is 10.6 Å². The van der Waals surface area contributed by atoms with Crippen molar-refractivity contribution < 1.29 is 9.59 Å². The van der Waals surface area contributed by atoms with Gasteiger partial charge in [-0.25, -0.2) is 0 Å². The average molecular weight is 338 g/mol. The van der Waals surface area contributed by atoms with Crippen LogP contribution in [0.3, 0.4) is 0 Å². The highest BCUT2D eigenvalue weighted by Gasteiger charge is 2.51. The van der Waals surface area contributed by atoms with Crippen molar-refractivity contribution in [1.82, 2.24) is 10.6 Å². The van der Waals surface area contributed by atoms with Gasteiger partial charge in [-0.1, -0.05) is 30.3 Å². The summed E-state index contributed by atoms with van der Waals surface area (Å²) in [7, 11) is 0. The lowest BCUT2D eigenvalue weighted by Gasteiger charge is -2.16. The smallest absolute Gasteiger partial charge is 0.239 e. The summed E-state index contributed by atoms with van der Waals surface area (Å²) in [5.74, 6) is 2.29. The van der Waals surface area contributed by atoms with Crippen molar-refractivity contribution in [2.24, 2.45) is 10.2 Å². The van der Waals surface area contributed by atoms with Gasteiger partial charge in [-0.3, -0.25) is 9.59 Å². The number of nitrogens with one attached hydrogen (secondary N) is 2. The molecule has 2 amide bonds. The Morgan fingerprint density at radius 3 is 2.44 bits per heavy atom. The molecule has 1 aromatic rings. The zero-order chi connectivity index (χ0) is 17.8. The van der Waals surface area contributed by atoms with E-state index in [0.29, 0.717) is 19.4 Å². The van der Waals surface area contributed by atoms with E-state index in [1.807, 2.05) is 30.3 Å². The van der Waals surface area contributed by atoms with Crippen LogP contribution in [0.1, 0.15) is 37.7 Å². The third kappa shape index (κ3) is 4.05. The van der Waals surface area contributed by atoms with Gasteiger partial charge in [-0.05, 0) is 18.4 Å². The SMILES string of the molecule is C#CCCC1(CCNC(=O)CNC(=O)C2(c3ccccc3)CC2)N=N1. The van der Waals surface area contributed by atoms with Crippen molar-refractivity contribution in [2.45, 2.75) is 43.2 Å². The molecule has 1 heterocycles. The molecule has 6 nitrogen and oxygen atoms in total. The Kier molecular flexibility index (Phi) is 4.84. The highest BCUT2D eigenvalue weighted by molar-refractivity contribution is 5.93. The van der Waals surface area contributed by atoms with Gasteiger partial charge in [0.2, 0.25) is 11.8 Å². The standard InChI is InChI=1S/C19H22N4O2/c1-2-3-9-19(22-23-19)12-13-20-16(24)14-21-17(25)18(10-11-18)15-7-5-4-6-8-15/h1,4-8H,3,9-14H2,(H,20,24)(H,21,25). The molecule has 0 saturated heterocycles. The van der Waals surface area contributed by atoms with Crippen LogP contribution >= 0.6 is 0 Å². The molecule has 0 spiro atoms. The van der Waals surface area contributed by atoms with Gasteiger partial charge in [-0.15, -0.1) is 12.3 Å². The molecular weight excluding hydrogens is 316 g/mol. The molecule has 2 aliphatic rings. The molecule has 0 unspecified atom stereocenters. The lowest BCUT2D eigenvalue weighted by molar-refractivity contribution is -0.127. The van der Waals surface area contributed by atoms with Crippen molar-refractivity contribution in [1.29, 1.82) is 0 Å². The number of nitrogens with zero attached hydrogens (tertiary/aromatic N) is 2. The third-order valence-corrected chi connectivity index (χ3v) is 4.82. The maximum Gasteiger partial charge on any atom is 0.239 e. The van der Waals surface area contributed by atoms with Gasteiger partial charge >= 0.3 is 0 Å². The molecule has 2 N–H and O–H groups in total. The molecule has 1 aliphatic heterocycles. The Hall–Kier alpha value is -2.68. The Balaban J connectivity index is 1.38. The molecule has 0 atom stereocenters. The van der Waals surface area contributed by atoms with Gasteiger partial charge in [0, 0.05) is 25.8 Å². The van der Waals surface area contributed by atoms with E-state index in [2.05, 4.69) is 26.8 Å². The number of benzene rings is 1. The number of rotatable bonds is 9. The summed E-state index contributed by atoms with van der Waals surface area (Å²) in [5, 5.41) is 13.6. The second-order valence-corrected chi connectivity index (χ2v) is 6.62. The van der Waals surface area contributed by atoms with Crippen molar-refractivity contribution in [3.63, 3.8) is 0 Å². The quantitative estimate of drug-likeness (QED) is 0.674. The van der Waals surface area contributed by atoms with Crippen LogP contribution in [0.5, 0.6) is 0 Å². The van der Waals surface area contributed by atoms with Crippen LogP contribution in [0.4, 0.5) is 0 Å². The Morgan fingerprint density at radius 1 is 1.12 bits per heavy atom. The number of hydrogen-bond donors (Lipinski definition) is 2. The number of amides is 2. The Labute approximate surface area is 147 Å². The van der Waals surface area contributed by atoms with Crippen LogP contribution in [-0.2, 0) is 15.0 Å². The number of hydrogen-bond acceptors (Lipinski definition) is 4. The summed E-state index contributed by atoms with van der Waals surface area (Å²) in [6, 6.07) is 9.72. The van der Waals surface area contributed by atoms with Crippen LogP contribution in [-0.4, -0.2) is 30.6 Å². The van der Waals surface area contributed by atoms with Gasteiger partial charge in [0.05, 0.1) is 12.0 Å². The van der Waals surface area contributed by atoms with Crippen LogP contribution in [0, 0.1) is 12.3 Å². The maximum absolute atomic E-state index is 12.5. The molecule has 1 aromatic carbocycles. The highest BCUT2D eigenvalue weighted by Crippen LogP contribution is 2.48. The van der Waals surface area contributed by atoms with Crippen molar-refractivity contribution in [2.75, 3.05) is 13.1 Å². The largest absolute Gasteiger partial charge is 0.354 e. The van der Waals surface area contributed by atoms with Gasteiger partial charge in [0.25, 0.3) is 0 Å². The molecule has 130 valence electrons. The van der Waals surface area contributed by atoms with Crippen LogP contribution in [0.2, 0.25) is 0 Å². The van der Waals surface area contributed by atoms with E-state index in [-0.39, 0.29) is 18.4 Å². The van der Waals surface area contributed by atoms with Crippen molar-refractivity contribution >= 4 is 11.8 Å². The van der Waals surface area contributed by atoms with E-state index in [9.17, 15) is 9.59 Å². The minimum Gasteiger partial charge on any atom is -0.354 e. The summed E-state index contributed by atoms with van der Waals surface area (Å²) in [6.07, 6.45) is 8.88. The third-order valence-electron chi connectivity index (χ3n) is 4.82. The maximum atomic E-state index is 12.5. The van der Waals surface area contributed by atoms with E-state index in [4.69, 9.17) is 6.42 Å². The summed E-state index contributed by atoms with van der Waals surface area (Å²) in [4.78, 5) is 24.4. The molecule has 1 aliphatic carbocycles. The monoisotopic (exact) mass is 338 g/mol. The second-order valence-electron chi connectivity index (χ2n) is 6.62. The molecule has 0 bridgehead atoms. The normalized spacial score (nSPS) is 18.0. The fourth-order valence-electron chi connectivity index (χ4n) is 2.99. The minimum atomic E-state index is -0.452. The van der Waals surface area contributed by atoms with E-state index in [0.717, 1.165) is 24.8 Å². The van der Waals surface area contributed by atoms with Gasteiger partial charge in [0.1, 0.15) is 0 Å². The second kappa shape index (κ2) is 7.06. The van der Waals surface area contributed by atoms with Gasteiger partial charge in [0.15, 0.2) is 5.66 Å². The molecule has 0 radical (unpaired) electrons. The highest BCUT2D eigenvalue weighted by atomic mass is 16.2. The predicted molar refractivity (Wildman–Crippen MR) is 93.6 cm³/mol. The van der Waals surface area contributed by atoms with E-state index < -0.39 is 11.1 Å². The van der Waals surface area contributed by atoms with Crippen LogP contribution in [0.15, 0.2) is 40.6 Å². The summed E-state index contributed by atoms with van der Waals surface area (Å²) in [5.41, 5.74) is 0.168. The Bertz CT molecular complexity index is 711. The first kappa shape index (κ1) is 17.2. The first-order chi connectivity index (χ1) is 12.1. The first-order valence-electron chi connectivity index (χ1n) is 8.58. The topological polar surface area (TPSA) is 82.9 Å². The lowest BCUT2D eigenvalue weighted by Crippen LogP contribution is -2.42. The van der Waals surface area contributed by atoms with E-state index >= 15 is 0 Å². The average Bonchev–Trinajstić information content (AvgIpc) is 3.54. The number of carbonyl (C=O) groups excluding carboxylic acids is 2. The van der Waals surface area contributed by atoms with Crippen molar-refractivity contribution in [3.8, 4) is 12.3 Å². The van der Waals surface area contributed by atoms with E-state index in [1.54, 1.807) is 0 Å². The first-order valence-corrected chi connectivity index (χ1v) is 8.58. The zero-order valence-corrected chi connectivity index (χ0v) is 14.1. The predicted octanol–water partition coefficient (Wildman–Crippen LogP) is 1.92. The molecule has 1 saturated carbocycles. The molecule has 6 heteroatoms. The van der Waals surface area contributed by atoms with E-state index in [1.165, 1.54) is 0 Å². The molecule has 3 rings (SSSR count). The van der Waals surface area contributed by atoms with Gasteiger partial charge in [-0.2, -0.15) is 10.2 Å². The molecular formula is C19H22N4O2. The Morgan fingerprint density at radius 2 is 1.84 bits per heavy atom.